The van der Waals surface area contributed by atoms with Crippen molar-refractivity contribution in [3.05, 3.63) is 97.2 Å². The van der Waals surface area contributed by atoms with E-state index in [4.69, 9.17) is 37.0 Å². The van der Waals surface area contributed by atoms with Gasteiger partial charge in [0.25, 0.3) is 0 Å². The van der Waals surface area contributed by atoms with Gasteiger partial charge in [0, 0.05) is 25.7 Å². The van der Waals surface area contributed by atoms with E-state index >= 15 is 0 Å². The Morgan fingerprint density at radius 2 is 0.490 bits per heavy atom. The van der Waals surface area contributed by atoms with E-state index in [1.165, 1.54) is 116 Å². The van der Waals surface area contributed by atoms with Crippen LogP contribution < -0.4 is 0 Å². The molecule has 5 atom stereocenters. The third-order valence-electron chi connectivity index (χ3n) is 17.0. The number of allylic oxidation sites excluding steroid dienone is 16. The number of aliphatic hydroxyl groups is 1. The molecule has 2 unspecified atom stereocenters. The van der Waals surface area contributed by atoms with Crippen molar-refractivity contribution < 1.29 is 80.2 Å². The SMILES string of the molecule is CCCCC/C=C\C/C=C\C/C=C\C/C=C\CCCC(=O)O[C@H](COC(=O)CCCCCCC/C=C\C/C=C\CCCCC)COP(=O)(O)OC[C@@H](O)COP(=O)(O)OC[C@@H](COC(=O)CCCCCCC/C=C\CCCCCCCC)OC(=O)CCCCCCC/C=C\CCCCCCCC. The van der Waals surface area contributed by atoms with E-state index in [2.05, 4.69) is 113 Å². The van der Waals surface area contributed by atoms with Gasteiger partial charge in [0.2, 0.25) is 0 Å². The molecule has 17 nitrogen and oxygen atoms in total. The fourth-order valence-electron chi connectivity index (χ4n) is 10.8. The second-order valence-corrected chi connectivity index (χ2v) is 29.9. The van der Waals surface area contributed by atoms with Gasteiger partial charge in [-0.25, -0.2) is 9.13 Å². The molecule has 0 radical (unpaired) electrons. The first-order chi connectivity index (χ1) is 49.7. The zero-order chi connectivity index (χ0) is 74.6. The topological polar surface area (TPSA) is 237 Å². The number of unbranched alkanes of at least 4 members (excludes halogenated alkanes) is 34. The van der Waals surface area contributed by atoms with Crippen LogP contribution in [0.15, 0.2) is 97.2 Å². The van der Waals surface area contributed by atoms with Crippen LogP contribution >= 0.6 is 15.6 Å². The standard InChI is InChI=1S/C83H146O17P2/c1-5-9-13-17-21-25-29-33-37-38-42-46-50-54-58-62-66-70-83(88)100-79(74-94-81(86)68-64-60-56-52-48-44-40-35-31-27-23-19-15-11-7-3)76-98-102(91,92)96-72-77(84)71-95-101(89,90)97-75-78(99-82(87)69-65-61-57-53-49-45-41-36-32-28-24-20-16-12-8-4)73-93-80(85)67-63-59-55-51-47-43-39-34-30-26-22-18-14-10-6-2/h21,23,25,27,33-37,39-42,46,54,58,77-79,84H,5-20,22,24,26,28-32,38,43-45,47-53,55-57,59-76H2,1-4H3,(H,89,90)(H,91,92)/b25-21-,27-23-,37-33-,39-34-,40-35-,41-36-,46-42-,58-54-/t77-,78+,79+/m0/s1. The lowest BCUT2D eigenvalue weighted by Gasteiger charge is -2.21. The Bertz CT molecular complexity index is 2310. The summed E-state index contributed by atoms with van der Waals surface area (Å²) in [7, 11) is -9.98. The number of hydrogen-bond acceptors (Lipinski definition) is 15. The van der Waals surface area contributed by atoms with E-state index in [0.717, 1.165) is 148 Å². The van der Waals surface area contributed by atoms with Crippen LogP contribution in [0.2, 0.25) is 0 Å². The number of phosphoric acid groups is 2. The van der Waals surface area contributed by atoms with Crippen LogP contribution in [0.25, 0.3) is 0 Å². The molecule has 3 N–H and O–H groups in total. The molecule has 0 aromatic heterocycles. The van der Waals surface area contributed by atoms with Crippen molar-refractivity contribution >= 4 is 39.5 Å². The fourth-order valence-corrected chi connectivity index (χ4v) is 12.3. The monoisotopic (exact) mass is 1480 g/mol. The first-order valence-corrected chi connectivity index (χ1v) is 43.5. The minimum absolute atomic E-state index is 0.0159. The van der Waals surface area contributed by atoms with E-state index in [9.17, 15) is 43.2 Å². The highest BCUT2D eigenvalue weighted by atomic mass is 31.2. The molecule has 590 valence electrons. The summed E-state index contributed by atoms with van der Waals surface area (Å²) < 4.78 is 68.6. The van der Waals surface area contributed by atoms with Gasteiger partial charge in [-0.2, -0.15) is 0 Å². The predicted molar refractivity (Wildman–Crippen MR) is 418 cm³/mol. The highest BCUT2D eigenvalue weighted by Crippen LogP contribution is 2.45. The summed E-state index contributed by atoms with van der Waals surface area (Å²) in [5.41, 5.74) is 0. The van der Waals surface area contributed by atoms with Gasteiger partial charge in [-0.1, -0.05) is 273 Å². The molecule has 0 bridgehead atoms. The van der Waals surface area contributed by atoms with Gasteiger partial charge in [-0.05, 0) is 148 Å². The number of carbonyl (C=O) groups is 4. The number of hydrogen-bond donors (Lipinski definition) is 3. The molecule has 0 fully saturated rings. The van der Waals surface area contributed by atoms with Crippen molar-refractivity contribution in [3.63, 3.8) is 0 Å². The maximum atomic E-state index is 13.1. The Hall–Kier alpha value is -4.02. The van der Waals surface area contributed by atoms with Gasteiger partial charge in [-0.15, -0.1) is 0 Å². The molecule has 0 aromatic rings. The van der Waals surface area contributed by atoms with Crippen LogP contribution in [0.4, 0.5) is 0 Å². The van der Waals surface area contributed by atoms with Crippen LogP contribution in [0.3, 0.4) is 0 Å². The highest BCUT2D eigenvalue weighted by Gasteiger charge is 2.30. The van der Waals surface area contributed by atoms with E-state index in [1.54, 1.807) is 0 Å². The molecule has 0 heterocycles. The minimum atomic E-state index is -4.99. The van der Waals surface area contributed by atoms with Gasteiger partial charge in [0.15, 0.2) is 12.2 Å². The van der Waals surface area contributed by atoms with Crippen LogP contribution in [0.1, 0.15) is 349 Å². The van der Waals surface area contributed by atoms with Gasteiger partial charge < -0.3 is 33.8 Å². The zero-order valence-electron chi connectivity index (χ0n) is 64.5. The van der Waals surface area contributed by atoms with E-state index < -0.39 is 97.5 Å². The lowest BCUT2D eigenvalue weighted by molar-refractivity contribution is -0.161. The maximum absolute atomic E-state index is 13.1. The molecule has 19 heteroatoms. The number of carbonyl (C=O) groups excluding carboxylic acids is 4. The van der Waals surface area contributed by atoms with E-state index in [1.807, 2.05) is 12.2 Å². The van der Waals surface area contributed by atoms with Crippen molar-refractivity contribution in [2.24, 2.45) is 0 Å². The number of aliphatic hydroxyl groups excluding tert-OH is 1. The number of esters is 4. The van der Waals surface area contributed by atoms with E-state index in [-0.39, 0.29) is 25.7 Å². The van der Waals surface area contributed by atoms with Crippen LogP contribution in [0.5, 0.6) is 0 Å². The molecule has 0 saturated carbocycles. The summed E-state index contributed by atoms with van der Waals surface area (Å²) >= 11 is 0. The summed E-state index contributed by atoms with van der Waals surface area (Å²) in [6.07, 6.45) is 79.6. The summed E-state index contributed by atoms with van der Waals surface area (Å²) in [5.74, 6) is -2.26. The smallest absolute Gasteiger partial charge is 0.462 e. The predicted octanol–water partition coefficient (Wildman–Crippen LogP) is 23.6. The molecule has 0 aromatic carbocycles. The molecule has 0 aliphatic heterocycles. The Morgan fingerprint density at radius 1 is 0.275 bits per heavy atom. The first kappa shape index (κ1) is 98.0. The average Bonchev–Trinajstić information content (AvgIpc) is 0.917. The Balaban J connectivity index is 5.42. The summed E-state index contributed by atoms with van der Waals surface area (Å²) in [5, 5.41) is 10.6. The van der Waals surface area contributed by atoms with Crippen molar-refractivity contribution in [1.29, 1.82) is 0 Å². The van der Waals surface area contributed by atoms with Crippen molar-refractivity contribution in [3.8, 4) is 0 Å². The largest absolute Gasteiger partial charge is 0.472 e. The summed E-state index contributed by atoms with van der Waals surface area (Å²) in [6.45, 7) is 4.75. The zero-order valence-corrected chi connectivity index (χ0v) is 66.3. The second-order valence-electron chi connectivity index (χ2n) is 27.0. The van der Waals surface area contributed by atoms with Crippen molar-refractivity contribution in [1.82, 2.24) is 0 Å². The fraction of sp³-hybridized carbons (Fsp3) is 0.759. The minimum Gasteiger partial charge on any atom is -0.462 e. The van der Waals surface area contributed by atoms with Crippen LogP contribution in [-0.2, 0) is 65.4 Å². The molecule has 0 rings (SSSR count). The van der Waals surface area contributed by atoms with Crippen molar-refractivity contribution in [2.75, 3.05) is 39.6 Å². The van der Waals surface area contributed by atoms with Gasteiger partial charge >= 0.3 is 39.5 Å². The first-order valence-electron chi connectivity index (χ1n) is 40.5. The molecule has 0 aliphatic carbocycles. The normalized spacial score (nSPS) is 14.4. The molecule has 102 heavy (non-hydrogen) atoms. The average molecular weight is 1480 g/mol. The van der Waals surface area contributed by atoms with Crippen molar-refractivity contribution in [2.45, 2.75) is 367 Å². The number of ether oxygens (including phenoxy) is 4. The summed E-state index contributed by atoms with van der Waals surface area (Å²) in [4.78, 5) is 73.0. The maximum Gasteiger partial charge on any atom is 0.472 e. The lowest BCUT2D eigenvalue weighted by Crippen LogP contribution is -2.30. The molecule has 0 spiro atoms. The lowest BCUT2D eigenvalue weighted by atomic mass is 10.1. The third-order valence-corrected chi connectivity index (χ3v) is 18.9. The third kappa shape index (κ3) is 74.3. The molecule has 0 aliphatic rings. The van der Waals surface area contributed by atoms with Crippen LogP contribution in [-0.4, -0.2) is 96.7 Å². The highest BCUT2D eigenvalue weighted by molar-refractivity contribution is 7.47. The quantitative estimate of drug-likeness (QED) is 0.0169. The molecular weight excluding hydrogens is 1330 g/mol. The Labute approximate surface area is 620 Å². The van der Waals surface area contributed by atoms with Gasteiger partial charge in [-0.3, -0.25) is 37.3 Å². The van der Waals surface area contributed by atoms with Crippen LogP contribution in [0, 0.1) is 0 Å². The molecule has 0 saturated heterocycles. The Morgan fingerprint density at radius 3 is 0.804 bits per heavy atom. The molecular formula is C83H146O17P2. The number of rotatable bonds is 76. The van der Waals surface area contributed by atoms with Gasteiger partial charge in [0.05, 0.1) is 26.4 Å². The second kappa shape index (κ2) is 75.2. The Kier molecular flexibility index (Phi) is 72.3. The van der Waals surface area contributed by atoms with Gasteiger partial charge in [0.1, 0.15) is 19.3 Å². The summed E-state index contributed by atoms with van der Waals surface area (Å²) in [6, 6.07) is 0. The van der Waals surface area contributed by atoms with E-state index in [0.29, 0.717) is 32.1 Å². The molecule has 0 amide bonds. The number of phosphoric ester groups is 2.